The highest BCUT2D eigenvalue weighted by atomic mass is 16.2. The second-order valence-electron chi connectivity index (χ2n) is 11.7. The predicted molar refractivity (Wildman–Crippen MR) is 179 cm³/mol. The van der Waals surface area contributed by atoms with Crippen molar-refractivity contribution in [2.45, 2.75) is 38.0 Å². The molecule has 0 unspecified atom stereocenters. The van der Waals surface area contributed by atoms with Crippen molar-refractivity contribution in [3.8, 4) is 11.1 Å². The van der Waals surface area contributed by atoms with Gasteiger partial charge in [0.2, 0.25) is 17.7 Å². The number of hydrogen-bond donors (Lipinski definition) is 2. The molecule has 4 aromatic carbocycles. The molecule has 0 aliphatic carbocycles. The lowest BCUT2D eigenvalue weighted by Crippen LogP contribution is -2.66. The highest BCUT2D eigenvalue weighted by Gasteiger charge is 2.41. The third-order valence-corrected chi connectivity index (χ3v) is 8.44. The van der Waals surface area contributed by atoms with E-state index in [9.17, 15) is 14.4 Å². The Balaban J connectivity index is 1.29. The van der Waals surface area contributed by atoms with Crippen molar-refractivity contribution in [3.63, 3.8) is 0 Å². The number of rotatable bonds is 11. The van der Waals surface area contributed by atoms with Crippen LogP contribution in [0.4, 0.5) is 0 Å². The van der Waals surface area contributed by atoms with E-state index in [0.717, 1.165) is 38.6 Å². The van der Waals surface area contributed by atoms with Crippen LogP contribution in [0.3, 0.4) is 0 Å². The maximum absolute atomic E-state index is 14.3. The number of nitrogens with zero attached hydrogens (tertiary/aromatic N) is 3. The number of benzene rings is 4. The van der Waals surface area contributed by atoms with E-state index >= 15 is 0 Å². The molecular formula is C38H37N5O3. The fourth-order valence-corrected chi connectivity index (χ4v) is 6.02. The first-order valence-electron chi connectivity index (χ1n) is 15.6. The fourth-order valence-electron chi connectivity index (χ4n) is 6.02. The number of nitrogens with two attached hydrogens (primary N) is 1. The Morgan fingerprint density at radius 2 is 1.52 bits per heavy atom. The molecule has 3 amide bonds. The summed E-state index contributed by atoms with van der Waals surface area (Å²) in [6.07, 6.45) is 3.86. The Labute approximate surface area is 268 Å². The van der Waals surface area contributed by atoms with Crippen LogP contribution in [0.2, 0.25) is 0 Å². The normalized spacial score (nSPS) is 16.3. The lowest BCUT2D eigenvalue weighted by Gasteiger charge is -2.41. The highest BCUT2D eigenvalue weighted by Crippen LogP contribution is 2.24. The first-order chi connectivity index (χ1) is 22.5. The van der Waals surface area contributed by atoms with Gasteiger partial charge in [0.25, 0.3) is 0 Å². The Morgan fingerprint density at radius 3 is 2.26 bits per heavy atom. The van der Waals surface area contributed by atoms with Crippen LogP contribution in [0.1, 0.15) is 23.1 Å². The standard InChI is InChI=1S/C38H37N5O3/c39-19-18-36(44)42(24-29-7-6-20-40-23-29)26-35-37(45)41-34(22-28-14-17-31-10-4-5-11-33(31)21-28)38(46)43(35)25-27-12-15-32(16-13-27)30-8-2-1-3-9-30/h1-17,20-21,23,34-35H,18-19,22,24-26,39H2,(H,41,45)/t34-,35-/m0/s1. The van der Waals surface area contributed by atoms with Gasteiger partial charge in [-0.25, -0.2) is 0 Å². The SMILES string of the molecule is NCCC(=O)N(Cc1cccnc1)C[C@H]1C(=O)N[C@@H](Cc2ccc3ccccc3c2)C(=O)N1Cc1ccc(-c2ccccc2)cc1. The second-order valence-corrected chi connectivity index (χ2v) is 11.7. The molecule has 232 valence electrons. The third-order valence-electron chi connectivity index (χ3n) is 8.44. The van der Waals surface area contributed by atoms with Crippen LogP contribution >= 0.6 is 0 Å². The van der Waals surface area contributed by atoms with Crippen molar-refractivity contribution in [2.75, 3.05) is 13.1 Å². The smallest absolute Gasteiger partial charge is 0.246 e. The molecule has 1 aromatic heterocycles. The summed E-state index contributed by atoms with van der Waals surface area (Å²) in [5.41, 5.74) is 10.6. The maximum atomic E-state index is 14.3. The van der Waals surface area contributed by atoms with Crippen molar-refractivity contribution in [3.05, 3.63) is 138 Å². The summed E-state index contributed by atoms with van der Waals surface area (Å²) in [5.74, 6) is -0.655. The van der Waals surface area contributed by atoms with Gasteiger partial charge in [0.1, 0.15) is 12.1 Å². The molecular weight excluding hydrogens is 574 g/mol. The van der Waals surface area contributed by atoms with Gasteiger partial charge in [-0.05, 0) is 44.7 Å². The van der Waals surface area contributed by atoms with Gasteiger partial charge in [-0.15, -0.1) is 0 Å². The van der Waals surface area contributed by atoms with E-state index < -0.39 is 12.1 Å². The Hall–Kier alpha value is -5.34. The minimum Gasteiger partial charge on any atom is -0.342 e. The summed E-state index contributed by atoms with van der Waals surface area (Å²) in [6.45, 7) is 0.705. The molecule has 1 aliphatic heterocycles. The zero-order valence-electron chi connectivity index (χ0n) is 25.6. The largest absolute Gasteiger partial charge is 0.342 e. The number of piperazine rings is 1. The van der Waals surface area contributed by atoms with Crippen LogP contribution in [-0.4, -0.2) is 57.7 Å². The average Bonchev–Trinajstić information content (AvgIpc) is 3.09. The Kier molecular flexibility index (Phi) is 9.45. The van der Waals surface area contributed by atoms with Crippen LogP contribution < -0.4 is 11.1 Å². The number of carbonyl (C=O) groups is 3. The summed E-state index contributed by atoms with van der Waals surface area (Å²) in [4.78, 5) is 48.8. The summed E-state index contributed by atoms with van der Waals surface area (Å²) in [7, 11) is 0. The lowest BCUT2D eigenvalue weighted by molar-refractivity contribution is -0.152. The van der Waals surface area contributed by atoms with Gasteiger partial charge in [0.05, 0.1) is 6.54 Å². The first kappa shape index (κ1) is 30.7. The van der Waals surface area contributed by atoms with Crippen molar-refractivity contribution >= 4 is 28.5 Å². The number of carbonyl (C=O) groups excluding carboxylic acids is 3. The number of hydrogen-bond acceptors (Lipinski definition) is 5. The van der Waals surface area contributed by atoms with Gasteiger partial charge in [0.15, 0.2) is 0 Å². The van der Waals surface area contributed by atoms with Gasteiger partial charge in [-0.1, -0.05) is 103 Å². The van der Waals surface area contributed by atoms with E-state index in [4.69, 9.17) is 5.73 Å². The van der Waals surface area contributed by atoms with Crippen LogP contribution in [-0.2, 0) is 33.9 Å². The molecule has 5 aromatic rings. The number of aromatic nitrogens is 1. The molecule has 0 spiro atoms. The fraction of sp³-hybridized carbons (Fsp3) is 0.211. The van der Waals surface area contributed by atoms with E-state index in [-0.39, 0.29) is 50.3 Å². The molecule has 0 radical (unpaired) electrons. The Bertz CT molecular complexity index is 1810. The lowest BCUT2D eigenvalue weighted by atomic mass is 9.97. The molecule has 8 nitrogen and oxygen atoms in total. The van der Waals surface area contributed by atoms with E-state index in [0.29, 0.717) is 6.42 Å². The summed E-state index contributed by atoms with van der Waals surface area (Å²) >= 11 is 0. The van der Waals surface area contributed by atoms with Gasteiger partial charge in [-0.2, -0.15) is 0 Å². The van der Waals surface area contributed by atoms with Crippen LogP contribution in [0.15, 0.2) is 122 Å². The van der Waals surface area contributed by atoms with Crippen LogP contribution in [0, 0.1) is 0 Å². The van der Waals surface area contributed by atoms with Crippen LogP contribution in [0.25, 0.3) is 21.9 Å². The molecule has 3 N–H and O–H groups in total. The number of fused-ring (bicyclic) bond motifs is 1. The molecule has 46 heavy (non-hydrogen) atoms. The number of nitrogens with one attached hydrogen (secondary N) is 1. The maximum Gasteiger partial charge on any atom is 0.246 e. The quantitative estimate of drug-likeness (QED) is 0.225. The topological polar surface area (TPSA) is 109 Å². The van der Waals surface area contributed by atoms with E-state index in [2.05, 4.69) is 28.5 Å². The molecule has 0 bridgehead atoms. The zero-order valence-corrected chi connectivity index (χ0v) is 25.6. The molecule has 6 rings (SSSR count). The molecule has 1 saturated heterocycles. The van der Waals surface area contributed by atoms with Gasteiger partial charge in [0, 0.05) is 44.9 Å². The minimum absolute atomic E-state index is 0.0378. The summed E-state index contributed by atoms with van der Waals surface area (Å²) < 4.78 is 0. The second kappa shape index (κ2) is 14.2. The highest BCUT2D eigenvalue weighted by molar-refractivity contribution is 5.97. The van der Waals surface area contributed by atoms with E-state index in [1.807, 2.05) is 84.9 Å². The summed E-state index contributed by atoms with van der Waals surface area (Å²) in [5, 5.41) is 5.18. The third kappa shape index (κ3) is 7.14. The van der Waals surface area contributed by atoms with Gasteiger partial charge in [-0.3, -0.25) is 19.4 Å². The molecule has 8 heteroatoms. The van der Waals surface area contributed by atoms with Crippen molar-refractivity contribution in [1.29, 1.82) is 0 Å². The predicted octanol–water partition coefficient (Wildman–Crippen LogP) is 4.72. The summed E-state index contributed by atoms with van der Waals surface area (Å²) in [6, 6.07) is 34.4. The molecule has 0 saturated carbocycles. The minimum atomic E-state index is -0.882. The first-order valence-corrected chi connectivity index (χ1v) is 15.6. The number of amides is 3. The molecule has 2 heterocycles. The van der Waals surface area contributed by atoms with Gasteiger partial charge < -0.3 is 20.9 Å². The van der Waals surface area contributed by atoms with Gasteiger partial charge >= 0.3 is 0 Å². The number of pyridine rings is 1. The molecule has 1 fully saturated rings. The van der Waals surface area contributed by atoms with Crippen molar-refractivity contribution in [2.24, 2.45) is 5.73 Å². The van der Waals surface area contributed by atoms with Crippen molar-refractivity contribution < 1.29 is 14.4 Å². The average molecular weight is 612 g/mol. The molecule has 1 aliphatic rings. The molecule has 2 atom stereocenters. The van der Waals surface area contributed by atoms with Crippen molar-refractivity contribution in [1.82, 2.24) is 20.1 Å². The van der Waals surface area contributed by atoms with E-state index in [1.54, 1.807) is 28.3 Å². The Morgan fingerprint density at radius 1 is 0.804 bits per heavy atom. The van der Waals surface area contributed by atoms with E-state index in [1.165, 1.54) is 0 Å². The zero-order chi connectivity index (χ0) is 31.9. The monoisotopic (exact) mass is 611 g/mol. The van der Waals surface area contributed by atoms with Crippen LogP contribution in [0.5, 0.6) is 0 Å².